The van der Waals surface area contributed by atoms with Crippen molar-refractivity contribution in [3.63, 3.8) is 0 Å². The summed E-state index contributed by atoms with van der Waals surface area (Å²) in [5.74, 6) is -2.88. The molecule has 1 aliphatic heterocycles. The van der Waals surface area contributed by atoms with Gasteiger partial charge in [-0.25, -0.2) is 0 Å². The van der Waals surface area contributed by atoms with Crippen LogP contribution in [0.4, 0.5) is 0 Å². The van der Waals surface area contributed by atoms with Gasteiger partial charge in [0.2, 0.25) is 11.3 Å². The first-order chi connectivity index (χ1) is 11.4. The van der Waals surface area contributed by atoms with Crippen LogP contribution in [-0.2, 0) is 29.3 Å². The lowest BCUT2D eigenvalue weighted by molar-refractivity contribution is -0.169. The van der Waals surface area contributed by atoms with E-state index in [2.05, 4.69) is 15.9 Å². The number of hydrogen-bond acceptors (Lipinski definition) is 5. The highest BCUT2D eigenvalue weighted by molar-refractivity contribution is 9.09. The number of nitrogens with zero attached hydrogens (tertiary/aromatic N) is 1. The van der Waals surface area contributed by atoms with Crippen LogP contribution in [0.2, 0.25) is 0 Å². The first-order valence-corrected chi connectivity index (χ1v) is 8.48. The SMILES string of the molecule is COC(=O)C1(C(=O)OC)c2ccccc2[C@@H](Br)[C@H]2CN(C)C(=O)[C@H]21. The summed E-state index contributed by atoms with van der Waals surface area (Å²) >= 11 is 3.66. The number of fused-ring (bicyclic) bond motifs is 2. The van der Waals surface area contributed by atoms with Gasteiger partial charge in [0.15, 0.2) is 0 Å². The summed E-state index contributed by atoms with van der Waals surface area (Å²) in [6.45, 7) is 0.448. The zero-order valence-electron chi connectivity index (χ0n) is 13.6. The molecule has 6 nitrogen and oxygen atoms in total. The van der Waals surface area contributed by atoms with Crippen LogP contribution in [0.3, 0.4) is 0 Å². The predicted molar refractivity (Wildman–Crippen MR) is 88.4 cm³/mol. The third kappa shape index (κ3) is 1.97. The third-order valence-corrected chi connectivity index (χ3v) is 6.27. The normalized spacial score (nSPS) is 27.2. The Labute approximate surface area is 148 Å². The molecule has 1 amide bonds. The molecule has 0 spiro atoms. The molecule has 0 bridgehead atoms. The molecule has 3 atom stereocenters. The summed E-state index contributed by atoms with van der Waals surface area (Å²) in [5.41, 5.74) is -0.509. The van der Waals surface area contributed by atoms with Gasteiger partial charge in [-0.05, 0) is 11.1 Å². The number of halogens is 1. The first-order valence-electron chi connectivity index (χ1n) is 7.56. The van der Waals surface area contributed by atoms with E-state index >= 15 is 0 Å². The maximum absolute atomic E-state index is 12.8. The van der Waals surface area contributed by atoms with E-state index in [0.717, 1.165) is 5.56 Å². The van der Waals surface area contributed by atoms with Gasteiger partial charge in [0, 0.05) is 24.3 Å². The number of methoxy groups -OCH3 is 2. The molecule has 128 valence electrons. The van der Waals surface area contributed by atoms with Gasteiger partial charge in [-0.2, -0.15) is 0 Å². The van der Waals surface area contributed by atoms with Crippen LogP contribution in [-0.4, -0.2) is 50.6 Å². The number of carbonyl (C=O) groups excluding carboxylic acids is 3. The zero-order chi connectivity index (χ0) is 17.6. The number of benzene rings is 1. The van der Waals surface area contributed by atoms with E-state index in [-0.39, 0.29) is 16.7 Å². The number of amides is 1. The second-order valence-electron chi connectivity index (χ2n) is 6.14. The second-order valence-corrected chi connectivity index (χ2v) is 7.13. The molecule has 0 saturated carbocycles. The Morgan fingerprint density at radius 2 is 1.79 bits per heavy atom. The van der Waals surface area contributed by atoms with Crippen LogP contribution in [0.1, 0.15) is 16.0 Å². The highest BCUT2D eigenvalue weighted by atomic mass is 79.9. The van der Waals surface area contributed by atoms with Crippen LogP contribution in [0, 0.1) is 11.8 Å². The summed E-state index contributed by atoms with van der Waals surface area (Å²) in [6, 6.07) is 7.13. The first kappa shape index (κ1) is 17.0. The van der Waals surface area contributed by atoms with E-state index < -0.39 is 23.3 Å². The molecule has 0 aromatic heterocycles. The van der Waals surface area contributed by atoms with Crippen molar-refractivity contribution < 1.29 is 23.9 Å². The van der Waals surface area contributed by atoms with Crippen molar-refractivity contribution >= 4 is 33.8 Å². The Kier molecular flexibility index (Phi) is 4.15. The third-order valence-electron chi connectivity index (χ3n) is 5.09. The van der Waals surface area contributed by atoms with E-state index in [1.165, 1.54) is 14.2 Å². The average Bonchev–Trinajstić information content (AvgIpc) is 2.91. The molecule has 3 rings (SSSR count). The highest BCUT2D eigenvalue weighted by Crippen LogP contribution is 2.56. The van der Waals surface area contributed by atoms with Crippen LogP contribution in [0.5, 0.6) is 0 Å². The molecule has 1 aromatic rings. The maximum atomic E-state index is 12.8. The van der Waals surface area contributed by atoms with Gasteiger partial charge in [0.1, 0.15) is 0 Å². The quantitative estimate of drug-likeness (QED) is 0.430. The summed E-state index contributed by atoms with van der Waals surface area (Å²) in [7, 11) is 4.10. The summed E-state index contributed by atoms with van der Waals surface area (Å²) < 4.78 is 9.95. The number of likely N-dealkylation sites (tertiary alicyclic amines) is 1. The molecule has 1 saturated heterocycles. The monoisotopic (exact) mass is 395 g/mol. The van der Waals surface area contributed by atoms with Crippen LogP contribution < -0.4 is 0 Å². The number of alkyl halides is 1. The van der Waals surface area contributed by atoms with Gasteiger partial charge < -0.3 is 14.4 Å². The lowest BCUT2D eigenvalue weighted by Crippen LogP contribution is -2.58. The van der Waals surface area contributed by atoms with Crippen LogP contribution in [0.25, 0.3) is 0 Å². The van der Waals surface area contributed by atoms with Crippen LogP contribution >= 0.6 is 15.9 Å². The molecule has 7 heteroatoms. The Balaban J connectivity index is 2.37. The van der Waals surface area contributed by atoms with Crippen molar-refractivity contribution in [2.75, 3.05) is 27.8 Å². The molecule has 1 aromatic carbocycles. The lowest BCUT2D eigenvalue weighted by atomic mass is 9.59. The molecule has 24 heavy (non-hydrogen) atoms. The molecule has 1 heterocycles. The summed E-state index contributed by atoms with van der Waals surface area (Å²) in [6.07, 6.45) is 0. The molecular formula is C17H18BrNO5. The standard InChI is InChI=1S/C17H18BrNO5/c1-19-8-10-12(14(19)20)17(15(21)23-2,16(22)24-3)11-7-5-4-6-9(11)13(10)18/h4-7,10,12-13H,8H2,1-3H3/t10-,12-,13+/m0/s1. The van der Waals surface area contributed by atoms with Gasteiger partial charge in [-0.15, -0.1) is 0 Å². The van der Waals surface area contributed by atoms with Gasteiger partial charge in [0.05, 0.1) is 20.1 Å². The topological polar surface area (TPSA) is 72.9 Å². The Bertz CT molecular complexity index is 703. The molecular weight excluding hydrogens is 378 g/mol. The molecule has 2 aliphatic rings. The number of carbonyl (C=O) groups is 3. The van der Waals surface area contributed by atoms with Crippen molar-refractivity contribution in [1.82, 2.24) is 4.90 Å². The van der Waals surface area contributed by atoms with Crippen molar-refractivity contribution in [3.8, 4) is 0 Å². The molecule has 0 N–H and O–H groups in total. The fraction of sp³-hybridized carbons (Fsp3) is 0.471. The van der Waals surface area contributed by atoms with E-state index in [1.807, 2.05) is 12.1 Å². The van der Waals surface area contributed by atoms with Gasteiger partial charge in [0.25, 0.3) is 0 Å². The van der Waals surface area contributed by atoms with Gasteiger partial charge >= 0.3 is 11.9 Å². The Hall–Kier alpha value is -1.89. The zero-order valence-corrected chi connectivity index (χ0v) is 15.2. The molecule has 1 aliphatic carbocycles. The fourth-order valence-electron chi connectivity index (χ4n) is 4.07. The van der Waals surface area contributed by atoms with E-state index in [4.69, 9.17) is 9.47 Å². The molecule has 1 fully saturated rings. The minimum absolute atomic E-state index is 0.143. The minimum Gasteiger partial charge on any atom is -0.468 e. The lowest BCUT2D eigenvalue weighted by Gasteiger charge is -2.42. The van der Waals surface area contributed by atoms with E-state index in [0.29, 0.717) is 12.1 Å². The van der Waals surface area contributed by atoms with E-state index in [9.17, 15) is 14.4 Å². The Morgan fingerprint density at radius 3 is 2.38 bits per heavy atom. The largest absolute Gasteiger partial charge is 0.468 e. The summed E-state index contributed by atoms with van der Waals surface area (Å²) in [4.78, 5) is 39.9. The predicted octanol–water partition coefficient (Wildman–Crippen LogP) is 1.42. The van der Waals surface area contributed by atoms with E-state index in [1.54, 1.807) is 24.1 Å². The fourth-order valence-corrected chi connectivity index (χ4v) is 4.95. The summed E-state index contributed by atoms with van der Waals surface area (Å²) in [5, 5.41) is 0. The van der Waals surface area contributed by atoms with Crippen LogP contribution in [0.15, 0.2) is 24.3 Å². The van der Waals surface area contributed by atoms with Gasteiger partial charge in [-0.1, -0.05) is 40.2 Å². The van der Waals surface area contributed by atoms with Gasteiger partial charge in [-0.3, -0.25) is 14.4 Å². The van der Waals surface area contributed by atoms with Crippen molar-refractivity contribution in [2.24, 2.45) is 11.8 Å². The van der Waals surface area contributed by atoms with Crippen molar-refractivity contribution in [3.05, 3.63) is 35.4 Å². The van der Waals surface area contributed by atoms with Crippen molar-refractivity contribution in [2.45, 2.75) is 10.2 Å². The maximum Gasteiger partial charge on any atom is 0.328 e. The molecule has 0 unspecified atom stereocenters. The molecule has 0 radical (unpaired) electrons. The number of esters is 2. The second kappa shape index (κ2) is 5.88. The number of ether oxygens (including phenoxy) is 2. The smallest absolute Gasteiger partial charge is 0.328 e. The average molecular weight is 396 g/mol. The highest BCUT2D eigenvalue weighted by Gasteiger charge is 2.67. The number of rotatable bonds is 2. The van der Waals surface area contributed by atoms with Crippen molar-refractivity contribution in [1.29, 1.82) is 0 Å². The Morgan fingerprint density at radius 1 is 1.21 bits per heavy atom. The minimum atomic E-state index is -1.78. The number of hydrogen-bond donors (Lipinski definition) is 0.